The van der Waals surface area contributed by atoms with Crippen molar-refractivity contribution in [2.24, 2.45) is 7.05 Å². The molecule has 1 heterocycles. The molecule has 0 saturated heterocycles. The third kappa shape index (κ3) is 4.43. The highest BCUT2D eigenvalue weighted by Crippen LogP contribution is 2.33. The number of unbranched alkanes of at least 4 members (excludes halogenated alkanes) is 4. The van der Waals surface area contributed by atoms with Gasteiger partial charge in [-0.15, -0.1) is 0 Å². The molecule has 1 unspecified atom stereocenters. The van der Waals surface area contributed by atoms with E-state index in [0.29, 0.717) is 0 Å². The fraction of sp³-hybridized carbons (Fsp3) is 0.867. The van der Waals surface area contributed by atoms with Crippen molar-refractivity contribution >= 4 is 0 Å². The Bertz CT molecular complexity index is 332. The normalized spacial score (nSPS) is 14.7. The molecule has 0 N–H and O–H groups in total. The Hall–Kier alpha value is -0.860. The monoisotopic (exact) mass is 251 g/mol. The minimum Gasteiger partial charge on any atom is -0.188 e. The van der Waals surface area contributed by atoms with Crippen molar-refractivity contribution in [3.8, 4) is 0 Å². The van der Waals surface area contributed by atoms with Crippen LogP contribution < -0.4 is 0 Å². The van der Waals surface area contributed by atoms with Crippen LogP contribution in [0.1, 0.15) is 77.8 Å². The predicted octanol–water partition coefficient (Wildman–Crippen LogP) is 4.23. The Morgan fingerprint density at radius 3 is 2.28 bits per heavy atom. The van der Waals surface area contributed by atoms with Gasteiger partial charge in [-0.1, -0.05) is 59.3 Å². The van der Waals surface area contributed by atoms with E-state index in [4.69, 9.17) is 0 Å². The SMILES string of the molecule is CCCCCCC(C)(CCCC)c1cnn(C)n1. The molecular formula is C15H29N3. The lowest BCUT2D eigenvalue weighted by Gasteiger charge is -2.27. The summed E-state index contributed by atoms with van der Waals surface area (Å²) < 4.78 is 0. The molecule has 1 aromatic rings. The van der Waals surface area contributed by atoms with Gasteiger partial charge in [-0.05, 0) is 12.8 Å². The molecule has 0 aliphatic carbocycles. The van der Waals surface area contributed by atoms with Crippen molar-refractivity contribution in [1.29, 1.82) is 0 Å². The van der Waals surface area contributed by atoms with Gasteiger partial charge in [-0.3, -0.25) is 0 Å². The first-order valence-corrected chi connectivity index (χ1v) is 7.49. The van der Waals surface area contributed by atoms with E-state index >= 15 is 0 Å². The summed E-state index contributed by atoms with van der Waals surface area (Å²) in [7, 11) is 1.90. The average molecular weight is 251 g/mol. The molecule has 0 saturated carbocycles. The Morgan fingerprint density at radius 2 is 1.72 bits per heavy atom. The highest BCUT2D eigenvalue weighted by atomic mass is 15.4. The first-order valence-electron chi connectivity index (χ1n) is 7.49. The number of nitrogens with zero attached hydrogens (tertiary/aromatic N) is 3. The van der Waals surface area contributed by atoms with Gasteiger partial charge >= 0.3 is 0 Å². The van der Waals surface area contributed by atoms with Crippen molar-refractivity contribution in [3.63, 3.8) is 0 Å². The lowest BCUT2D eigenvalue weighted by molar-refractivity contribution is 0.357. The van der Waals surface area contributed by atoms with E-state index in [9.17, 15) is 0 Å². The molecular weight excluding hydrogens is 222 g/mol. The summed E-state index contributed by atoms with van der Waals surface area (Å²) in [6, 6.07) is 0. The Balaban J connectivity index is 2.62. The van der Waals surface area contributed by atoms with Gasteiger partial charge in [-0.2, -0.15) is 15.0 Å². The van der Waals surface area contributed by atoms with Crippen molar-refractivity contribution < 1.29 is 0 Å². The maximum atomic E-state index is 4.54. The van der Waals surface area contributed by atoms with Crippen molar-refractivity contribution in [3.05, 3.63) is 11.9 Å². The molecule has 3 nitrogen and oxygen atoms in total. The van der Waals surface area contributed by atoms with Crippen LogP contribution in [0.15, 0.2) is 6.20 Å². The van der Waals surface area contributed by atoms with Gasteiger partial charge in [0.2, 0.25) is 0 Å². The molecule has 1 aromatic heterocycles. The molecule has 0 fully saturated rings. The summed E-state index contributed by atoms with van der Waals surface area (Å²) in [5.41, 5.74) is 1.40. The zero-order valence-corrected chi connectivity index (χ0v) is 12.6. The highest BCUT2D eigenvalue weighted by molar-refractivity contribution is 5.10. The van der Waals surface area contributed by atoms with E-state index in [0.717, 1.165) is 0 Å². The van der Waals surface area contributed by atoms with E-state index in [2.05, 4.69) is 31.0 Å². The molecule has 0 aliphatic heterocycles. The number of rotatable bonds is 9. The van der Waals surface area contributed by atoms with Crippen LogP contribution in [0.3, 0.4) is 0 Å². The summed E-state index contributed by atoms with van der Waals surface area (Å²) >= 11 is 0. The first-order chi connectivity index (χ1) is 8.62. The van der Waals surface area contributed by atoms with E-state index in [1.54, 1.807) is 4.80 Å². The Labute approximate surface area is 112 Å². The number of aryl methyl sites for hydroxylation is 1. The lowest BCUT2D eigenvalue weighted by Crippen LogP contribution is -2.23. The fourth-order valence-electron chi connectivity index (χ4n) is 2.51. The minimum absolute atomic E-state index is 0.220. The van der Waals surface area contributed by atoms with Crippen molar-refractivity contribution in [2.75, 3.05) is 0 Å². The molecule has 104 valence electrons. The maximum Gasteiger partial charge on any atom is 0.0885 e. The topological polar surface area (TPSA) is 30.7 Å². The summed E-state index contributed by atoms with van der Waals surface area (Å²) in [6.07, 6.45) is 12.3. The Kier molecular flexibility index (Phi) is 6.37. The van der Waals surface area contributed by atoms with E-state index < -0.39 is 0 Å². The quantitative estimate of drug-likeness (QED) is 0.615. The lowest BCUT2D eigenvalue weighted by atomic mass is 9.77. The molecule has 0 aromatic carbocycles. The second-order valence-corrected chi connectivity index (χ2v) is 5.69. The second kappa shape index (κ2) is 7.55. The van der Waals surface area contributed by atoms with Crippen LogP contribution in [0.2, 0.25) is 0 Å². The maximum absolute atomic E-state index is 4.54. The predicted molar refractivity (Wildman–Crippen MR) is 76.6 cm³/mol. The molecule has 0 spiro atoms. The van der Waals surface area contributed by atoms with Crippen molar-refractivity contribution in [1.82, 2.24) is 15.0 Å². The summed E-state index contributed by atoms with van der Waals surface area (Å²) in [5, 5.41) is 8.78. The smallest absolute Gasteiger partial charge is 0.0885 e. The van der Waals surface area contributed by atoms with E-state index in [-0.39, 0.29) is 5.41 Å². The zero-order chi connectivity index (χ0) is 13.4. The van der Waals surface area contributed by atoms with Crippen LogP contribution in [0.4, 0.5) is 0 Å². The van der Waals surface area contributed by atoms with Gasteiger partial charge in [0, 0.05) is 12.5 Å². The standard InChI is InChI=1S/C15H29N3/c1-5-7-9-10-12-15(3,11-8-6-2)14-13-16-18(4)17-14/h13H,5-12H2,1-4H3. The van der Waals surface area contributed by atoms with Crippen LogP contribution >= 0.6 is 0 Å². The van der Waals surface area contributed by atoms with E-state index in [1.165, 1.54) is 57.1 Å². The molecule has 0 bridgehead atoms. The molecule has 18 heavy (non-hydrogen) atoms. The summed E-state index contributed by atoms with van der Waals surface area (Å²) in [4.78, 5) is 1.69. The first kappa shape index (κ1) is 15.2. The Morgan fingerprint density at radius 1 is 1.06 bits per heavy atom. The number of hydrogen-bond donors (Lipinski definition) is 0. The van der Waals surface area contributed by atoms with E-state index in [1.807, 2.05) is 13.2 Å². The third-order valence-electron chi connectivity index (χ3n) is 3.88. The van der Waals surface area contributed by atoms with Gasteiger partial charge in [0.25, 0.3) is 0 Å². The second-order valence-electron chi connectivity index (χ2n) is 5.69. The van der Waals surface area contributed by atoms with Gasteiger partial charge in [0.1, 0.15) is 0 Å². The van der Waals surface area contributed by atoms with Crippen LogP contribution in [-0.4, -0.2) is 15.0 Å². The van der Waals surface area contributed by atoms with Gasteiger partial charge in [-0.25, -0.2) is 0 Å². The fourth-order valence-corrected chi connectivity index (χ4v) is 2.51. The highest BCUT2D eigenvalue weighted by Gasteiger charge is 2.28. The van der Waals surface area contributed by atoms with Crippen LogP contribution in [-0.2, 0) is 12.5 Å². The zero-order valence-electron chi connectivity index (χ0n) is 12.6. The van der Waals surface area contributed by atoms with Gasteiger partial charge in [0.05, 0.1) is 11.9 Å². The largest absolute Gasteiger partial charge is 0.188 e. The molecule has 3 heteroatoms. The number of aromatic nitrogens is 3. The average Bonchev–Trinajstić information content (AvgIpc) is 2.80. The van der Waals surface area contributed by atoms with Gasteiger partial charge < -0.3 is 0 Å². The van der Waals surface area contributed by atoms with Gasteiger partial charge in [0.15, 0.2) is 0 Å². The molecule has 0 radical (unpaired) electrons. The molecule has 0 aliphatic rings. The minimum atomic E-state index is 0.220. The molecule has 1 atom stereocenters. The summed E-state index contributed by atoms with van der Waals surface area (Å²) in [5.74, 6) is 0. The van der Waals surface area contributed by atoms with Crippen LogP contribution in [0.25, 0.3) is 0 Å². The van der Waals surface area contributed by atoms with Crippen LogP contribution in [0, 0.1) is 0 Å². The van der Waals surface area contributed by atoms with Crippen molar-refractivity contribution in [2.45, 2.75) is 77.6 Å². The summed E-state index contributed by atoms with van der Waals surface area (Å²) in [6.45, 7) is 6.88. The number of hydrogen-bond acceptors (Lipinski definition) is 2. The van der Waals surface area contributed by atoms with Crippen LogP contribution in [0.5, 0.6) is 0 Å². The molecule has 0 amide bonds. The molecule has 1 rings (SSSR count). The third-order valence-corrected chi connectivity index (χ3v) is 3.88.